The van der Waals surface area contributed by atoms with Gasteiger partial charge in [-0.15, -0.1) is 0 Å². The van der Waals surface area contributed by atoms with Crippen LogP contribution in [0.15, 0.2) is 24.3 Å². The Bertz CT molecular complexity index is 1110. The summed E-state index contributed by atoms with van der Waals surface area (Å²) in [6, 6.07) is 0. The van der Waals surface area contributed by atoms with Gasteiger partial charge in [0.25, 0.3) is 0 Å². The molecule has 0 N–H and O–H groups in total. The van der Waals surface area contributed by atoms with E-state index in [1.165, 1.54) is 212 Å². The molecule has 0 heterocycles. The zero-order chi connectivity index (χ0) is 50.0. The average molecular weight is 972 g/mol. The number of unbranched alkanes of at least 4 members (excludes halogenated alkanes) is 42. The minimum absolute atomic E-state index is 0.0737. The number of hydrogen-bond acceptors (Lipinski definition) is 6. The van der Waals surface area contributed by atoms with Gasteiger partial charge in [0.15, 0.2) is 6.10 Å². The maximum Gasteiger partial charge on any atom is 0.306 e. The topological polar surface area (TPSA) is 78.9 Å². The summed E-state index contributed by atoms with van der Waals surface area (Å²) in [6.07, 6.45) is 69.4. The van der Waals surface area contributed by atoms with Crippen molar-refractivity contribution in [3.8, 4) is 0 Å². The number of ether oxygens (including phenoxy) is 3. The van der Waals surface area contributed by atoms with Crippen molar-refractivity contribution in [1.29, 1.82) is 0 Å². The molecule has 0 spiro atoms. The van der Waals surface area contributed by atoms with Crippen molar-refractivity contribution in [3.63, 3.8) is 0 Å². The summed E-state index contributed by atoms with van der Waals surface area (Å²) in [7, 11) is 0. The number of allylic oxidation sites excluding steroid dienone is 4. The van der Waals surface area contributed by atoms with Gasteiger partial charge in [-0.1, -0.05) is 289 Å². The summed E-state index contributed by atoms with van der Waals surface area (Å²) >= 11 is 0. The van der Waals surface area contributed by atoms with Crippen molar-refractivity contribution < 1.29 is 28.6 Å². The lowest BCUT2D eigenvalue weighted by Crippen LogP contribution is -2.30. The number of esters is 3. The first-order chi connectivity index (χ1) is 34.0. The molecule has 0 aromatic heterocycles. The molecule has 0 amide bonds. The van der Waals surface area contributed by atoms with Crippen molar-refractivity contribution in [2.75, 3.05) is 13.2 Å². The van der Waals surface area contributed by atoms with Crippen LogP contribution in [0.2, 0.25) is 0 Å². The van der Waals surface area contributed by atoms with Crippen LogP contribution >= 0.6 is 0 Å². The van der Waals surface area contributed by atoms with Gasteiger partial charge in [0.1, 0.15) is 13.2 Å². The smallest absolute Gasteiger partial charge is 0.306 e. The van der Waals surface area contributed by atoms with Gasteiger partial charge >= 0.3 is 17.9 Å². The van der Waals surface area contributed by atoms with Gasteiger partial charge in [0, 0.05) is 19.3 Å². The van der Waals surface area contributed by atoms with Crippen molar-refractivity contribution in [2.24, 2.45) is 0 Å². The Hall–Kier alpha value is -2.11. The van der Waals surface area contributed by atoms with E-state index in [2.05, 4.69) is 45.1 Å². The average Bonchev–Trinajstić information content (AvgIpc) is 3.35. The van der Waals surface area contributed by atoms with E-state index in [0.717, 1.165) is 89.9 Å². The summed E-state index contributed by atoms with van der Waals surface area (Å²) in [5, 5.41) is 0. The molecule has 1 unspecified atom stereocenters. The Morgan fingerprint density at radius 3 is 0.783 bits per heavy atom. The molecule has 0 bridgehead atoms. The van der Waals surface area contributed by atoms with Crippen molar-refractivity contribution >= 4 is 17.9 Å². The molecule has 0 rings (SSSR count). The van der Waals surface area contributed by atoms with Gasteiger partial charge < -0.3 is 14.2 Å². The van der Waals surface area contributed by atoms with E-state index < -0.39 is 6.10 Å². The standard InChI is InChI=1S/C63H118O6/c1-4-7-10-13-16-19-22-23-24-25-26-27-28-29-30-31-32-33-34-35-36-37-38-39-40-41-42-45-47-50-53-56-62(65)68-59-60(69-63(66)57-54-51-48-44-21-18-15-12-9-6-3)58-67-61(64)55-52-49-46-43-20-17-14-11-8-5-2/h11-12,14-15,60H,4-10,13,16-59H2,1-3H3/b14-11-,15-12-. The molecular formula is C63H118O6. The highest BCUT2D eigenvalue weighted by molar-refractivity contribution is 5.71. The Labute approximate surface area is 430 Å². The molecule has 1 atom stereocenters. The van der Waals surface area contributed by atoms with E-state index in [4.69, 9.17) is 14.2 Å². The van der Waals surface area contributed by atoms with Crippen molar-refractivity contribution in [1.82, 2.24) is 0 Å². The fourth-order valence-electron chi connectivity index (χ4n) is 9.27. The molecule has 0 saturated carbocycles. The van der Waals surface area contributed by atoms with Gasteiger partial charge in [-0.05, 0) is 57.8 Å². The molecule has 6 nitrogen and oxygen atoms in total. The highest BCUT2D eigenvalue weighted by Crippen LogP contribution is 2.18. The van der Waals surface area contributed by atoms with Crippen LogP contribution in [0.4, 0.5) is 0 Å². The summed E-state index contributed by atoms with van der Waals surface area (Å²) in [5.41, 5.74) is 0. The summed E-state index contributed by atoms with van der Waals surface area (Å²) in [4.78, 5) is 37.9. The molecule has 0 radical (unpaired) electrons. The second-order valence-corrected chi connectivity index (χ2v) is 21.0. The fraction of sp³-hybridized carbons (Fsp3) is 0.889. The Morgan fingerprint density at radius 1 is 0.275 bits per heavy atom. The molecule has 6 heteroatoms. The summed E-state index contributed by atoms with van der Waals surface area (Å²) in [6.45, 7) is 6.54. The van der Waals surface area contributed by atoms with E-state index in [-0.39, 0.29) is 31.1 Å². The van der Waals surface area contributed by atoms with E-state index in [1.807, 2.05) is 0 Å². The second kappa shape index (κ2) is 58.5. The normalized spacial score (nSPS) is 12.1. The molecular weight excluding hydrogens is 853 g/mol. The van der Waals surface area contributed by atoms with E-state index >= 15 is 0 Å². The van der Waals surface area contributed by atoms with Crippen LogP contribution in [0.3, 0.4) is 0 Å². The summed E-state index contributed by atoms with van der Waals surface area (Å²) in [5.74, 6) is -0.880. The van der Waals surface area contributed by atoms with Crippen LogP contribution in [0.5, 0.6) is 0 Å². The van der Waals surface area contributed by atoms with Gasteiger partial charge in [-0.2, -0.15) is 0 Å². The Morgan fingerprint density at radius 2 is 0.507 bits per heavy atom. The third kappa shape index (κ3) is 56.7. The zero-order valence-electron chi connectivity index (χ0n) is 46.6. The van der Waals surface area contributed by atoms with Gasteiger partial charge in [-0.3, -0.25) is 14.4 Å². The molecule has 0 saturated heterocycles. The van der Waals surface area contributed by atoms with Crippen LogP contribution < -0.4 is 0 Å². The first-order valence-corrected chi connectivity index (χ1v) is 30.8. The van der Waals surface area contributed by atoms with Gasteiger partial charge in [-0.25, -0.2) is 0 Å². The SMILES string of the molecule is CCC/C=C\CCCCCCCC(=O)OCC(COC(=O)CCCCCCCCCCCCCCCCCCCCCCCCCCCCCCCCC)OC(=O)CCCCCCC/C=C\CCC. The maximum atomic E-state index is 12.8. The highest BCUT2D eigenvalue weighted by Gasteiger charge is 2.19. The molecule has 0 aliphatic rings. The lowest BCUT2D eigenvalue weighted by Gasteiger charge is -2.18. The highest BCUT2D eigenvalue weighted by atomic mass is 16.6. The Balaban J connectivity index is 3.95. The van der Waals surface area contributed by atoms with Crippen molar-refractivity contribution in [3.05, 3.63) is 24.3 Å². The van der Waals surface area contributed by atoms with E-state index in [1.54, 1.807) is 0 Å². The monoisotopic (exact) mass is 971 g/mol. The minimum Gasteiger partial charge on any atom is -0.462 e. The molecule has 69 heavy (non-hydrogen) atoms. The lowest BCUT2D eigenvalue weighted by atomic mass is 10.0. The second-order valence-electron chi connectivity index (χ2n) is 21.0. The number of rotatable bonds is 57. The Kier molecular flexibility index (Phi) is 56.7. The number of hydrogen-bond donors (Lipinski definition) is 0. The first-order valence-electron chi connectivity index (χ1n) is 30.8. The summed E-state index contributed by atoms with van der Waals surface area (Å²) < 4.78 is 16.8. The minimum atomic E-state index is -0.774. The molecule has 0 aromatic rings. The quantitative estimate of drug-likeness (QED) is 0.0261. The molecule has 0 aliphatic carbocycles. The largest absolute Gasteiger partial charge is 0.462 e. The van der Waals surface area contributed by atoms with Crippen LogP contribution in [-0.2, 0) is 28.6 Å². The van der Waals surface area contributed by atoms with Gasteiger partial charge in [0.05, 0.1) is 0 Å². The maximum absolute atomic E-state index is 12.8. The van der Waals surface area contributed by atoms with Crippen LogP contribution in [0.25, 0.3) is 0 Å². The predicted molar refractivity (Wildman–Crippen MR) is 298 cm³/mol. The number of carbonyl (C=O) groups excluding carboxylic acids is 3. The van der Waals surface area contributed by atoms with E-state index in [0.29, 0.717) is 19.3 Å². The first kappa shape index (κ1) is 66.9. The van der Waals surface area contributed by atoms with Crippen LogP contribution in [0.1, 0.15) is 342 Å². The van der Waals surface area contributed by atoms with Crippen LogP contribution in [-0.4, -0.2) is 37.2 Å². The van der Waals surface area contributed by atoms with Crippen LogP contribution in [0, 0.1) is 0 Å². The number of carbonyl (C=O) groups is 3. The molecule has 0 fully saturated rings. The molecule has 0 aliphatic heterocycles. The van der Waals surface area contributed by atoms with E-state index in [9.17, 15) is 14.4 Å². The molecule has 406 valence electrons. The fourth-order valence-corrected chi connectivity index (χ4v) is 9.27. The third-order valence-corrected chi connectivity index (χ3v) is 13.9. The third-order valence-electron chi connectivity index (χ3n) is 13.9. The predicted octanol–water partition coefficient (Wildman–Crippen LogP) is 20.7. The molecule has 0 aromatic carbocycles. The van der Waals surface area contributed by atoms with Crippen molar-refractivity contribution in [2.45, 2.75) is 348 Å². The zero-order valence-corrected chi connectivity index (χ0v) is 46.6. The van der Waals surface area contributed by atoms with Gasteiger partial charge in [0.2, 0.25) is 0 Å². The lowest BCUT2D eigenvalue weighted by molar-refractivity contribution is -0.167.